The van der Waals surface area contributed by atoms with Crippen molar-refractivity contribution in [3.05, 3.63) is 35.6 Å². The number of halogens is 1. The molecule has 1 saturated carbocycles. The molecule has 1 aromatic rings. The molecular formula is C13H16FNO2. The molecule has 0 bridgehead atoms. The van der Waals surface area contributed by atoms with Gasteiger partial charge in [-0.05, 0) is 37.6 Å². The van der Waals surface area contributed by atoms with Crippen LogP contribution in [0.15, 0.2) is 24.3 Å². The van der Waals surface area contributed by atoms with Crippen molar-refractivity contribution in [2.75, 3.05) is 7.05 Å². The van der Waals surface area contributed by atoms with Gasteiger partial charge < -0.3 is 5.11 Å². The maximum absolute atomic E-state index is 13.0. The Morgan fingerprint density at radius 2 is 2.24 bits per heavy atom. The van der Waals surface area contributed by atoms with Crippen LogP contribution in [0.25, 0.3) is 0 Å². The highest BCUT2D eigenvalue weighted by atomic mass is 19.1. The number of hydrogen-bond acceptors (Lipinski definition) is 2. The van der Waals surface area contributed by atoms with Crippen molar-refractivity contribution in [2.45, 2.75) is 25.4 Å². The maximum Gasteiger partial charge on any atom is 0.306 e. The summed E-state index contributed by atoms with van der Waals surface area (Å²) in [6, 6.07) is 6.82. The second-order valence-electron chi connectivity index (χ2n) is 4.71. The highest BCUT2D eigenvalue weighted by Gasteiger charge is 2.36. The van der Waals surface area contributed by atoms with E-state index in [2.05, 4.69) is 4.90 Å². The first kappa shape index (κ1) is 12.0. The van der Waals surface area contributed by atoms with Crippen molar-refractivity contribution in [3.8, 4) is 0 Å². The molecule has 2 rings (SSSR count). The summed E-state index contributed by atoms with van der Waals surface area (Å²) in [5, 5.41) is 8.79. The van der Waals surface area contributed by atoms with Gasteiger partial charge in [0.25, 0.3) is 0 Å². The molecule has 3 nitrogen and oxygen atoms in total. The van der Waals surface area contributed by atoms with Gasteiger partial charge in [0, 0.05) is 12.6 Å². The Labute approximate surface area is 99.9 Å². The number of aliphatic carboxylic acids is 1. The largest absolute Gasteiger partial charge is 0.481 e. The Morgan fingerprint density at radius 3 is 2.82 bits per heavy atom. The van der Waals surface area contributed by atoms with E-state index in [1.807, 2.05) is 13.1 Å². The van der Waals surface area contributed by atoms with Gasteiger partial charge >= 0.3 is 5.97 Å². The van der Waals surface area contributed by atoms with Gasteiger partial charge in [0.1, 0.15) is 5.82 Å². The lowest BCUT2D eigenvalue weighted by atomic mass is 9.79. The normalized spacial score (nSPS) is 23.5. The van der Waals surface area contributed by atoms with E-state index >= 15 is 0 Å². The van der Waals surface area contributed by atoms with Gasteiger partial charge in [-0.25, -0.2) is 4.39 Å². The van der Waals surface area contributed by atoms with Gasteiger partial charge in [-0.3, -0.25) is 9.69 Å². The van der Waals surface area contributed by atoms with Crippen LogP contribution in [0.5, 0.6) is 0 Å². The van der Waals surface area contributed by atoms with E-state index in [0.29, 0.717) is 25.4 Å². The highest BCUT2D eigenvalue weighted by Crippen LogP contribution is 2.31. The Hall–Kier alpha value is -1.42. The zero-order chi connectivity index (χ0) is 12.4. The fraction of sp³-hybridized carbons (Fsp3) is 0.462. The van der Waals surface area contributed by atoms with Crippen molar-refractivity contribution in [1.82, 2.24) is 4.90 Å². The summed E-state index contributed by atoms with van der Waals surface area (Å²) < 4.78 is 13.0. The second-order valence-corrected chi connectivity index (χ2v) is 4.71. The van der Waals surface area contributed by atoms with E-state index in [4.69, 9.17) is 5.11 Å². The number of carbonyl (C=O) groups is 1. The van der Waals surface area contributed by atoms with E-state index in [0.717, 1.165) is 5.56 Å². The lowest BCUT2D eigenvalue weighted by molar-refractivity contribution is -0.146. The molecule has 0 aromatic heterocycles. The van der Waals surface area contributed by atoms with Gasteiger partial charge in [0.2, 0.25) is 0 Å². The molecule has 0 heterocycles. The Morgan fingerprint density at radius 1 is 1.53 bits per heavy atom. The molecule has 0 aliphatic heterocycles. The van der Waals surface area contributed by atoms with Crippen LogP contribution in [0.4, 0.5) is 4.39 Å². The molecule has 0 unspecified atom stereocenters. The van der Waals surface area contributed by atoms with Crippen molar-refractivity contribution < 1.29 is 14.3 Å². The van der Waals surface area contributed by atoms with Crippen molar-refractivity contribution in [3.63, 3.8) is 0 Å². The van der Waals surface area contributed by atoms with Crippen molar-refractivity contribution >= 4 is 5.97 Å². The van der Waals surface area contributed by atoms with Crippen LogP contribution in [0.2, 0.25) is 0 Å². The standard InChI is InChI=1S/C13H16FNO2/c1-15(12-6-10(7-12)13(16)17)8-9-3-2-4-11(14)5-9/h2-5,10,12H,6-8H2,1H3,(H,16,17). The predicted molar refractivity (Wildman–Crippen MR) is 62.0 cm³/mol. The van der Waals surface area contributed by atoms with E-state index in [1.54, 1.807) is 6.07 Å². The van der Waals surface area contributed by atoms with E-state index in [1.165, 1.54) is 12.1 Å². The third kappa shape index (κ3) is 2.82. The number of nitrogens with zero attached hydrogens (tertiary/aromatic N) is 1. The molecule has 0 saturated heterocycles. The zero-order valence-electron chi connectivity index (χ0n) is 9.77. The number of carboxylic acids is 1. The van der Waals surface area contributed by atoms with E-state index < -0.39 is 5.97 Å². The number of hydrogen-bond donors (Lipinski definition) is 1. The Balaban J connectivity index is 1.86. The topological polar surface area (TPSA) is 40.5 Å². The molecule has 92 valence electrons. The summed E-state index contributed by atoms with van der Waals surface area (Å²) in [5.74, 6) is -1.14. The Kier molecular flexibility index (Phi) is 3.43. The average molecular weight is 237 g/mol. The average Bonchev–Trinajstić information content (AvgIpc) is 2.13. The summed E-state index contributed by atoms with van der Waals surface area (Å²) in [4.78, 5) is 12.8. The predicted octanol–water partition coefficient (Wildman–Crippen LogP) is 2.12. The molecule has 1 fully saturated rings. The lowest BCUT2D eigenvalue weighted by Gasteiger charge is -2.39. The molecule has 17 heavy (non-hydrogen) atoms. The number of carboxylic acid groups (broad SMARTS) is 1. The summed E-state index contributed by atoms with van der Waals surface area (Å²) in [5.41, 5.74) is 0.922. The molecular weight excluding hydrogens is 221 g/mol. The molecule has 0 atom stereocenters. The molecule has 1 aromatic carbocycles. The second kappa shape index (κ2) is 4.84. The van der Waals surface area contributed by atoms with E-state index in [9.17, 15) is 9.18 Å². The van der Waals surface area contributed by atoms with Crippen molar-refractivity contribution in [2.24, 2.45) is 5.92 Å². The van der Waals surface area contributed by atoms with Gasteiger partial charge in [-0.15, -0.1) is 0 Å². The van der Waals surface area contributed by atoms with Crippen LogP contribution in [-0.4, -0.2) is 29.1 Å². The monoisotopic (exact) mass is 237 g/mol. The third-order valence-corrected chi connectivity index (χ3v) is 3.41. The first-order chi connectivity index (χ1) is 8.06. The minimum absolute atomic E-state index is 0.199. The van der Waals surface area contributed by atoms with Crippen LogP contribution in [0.1, 0.15) is 18.4 Å². The fourth-order valence-corrected chi connectivity index (χ4v) is 2.20. The van der Waals surface area contributed by atoms with Crippen LogP contribution in [0, 0.1) is 11.7 Å². The summed E-state index contributed by atoms with van der Waals surface area (Å²) in [6.45, 7) is 0.661. The maximum atomic E-state index is 13.0. The van der Waals surface area contributed by atoms with Crippen LogP contribution < -0.4 is 0 Å². The number of benzene rings is 1. The summed E-state index contributed by atoms with van der Waals surface area (Å²) in [6.07, 6.45) is 1.39. The van der Waals surface area contributed by atoms with Gasteiger partial charge in [0.05, 0.1) is 5.92 Å². The molecule has 0 radical (unpaired) electrons. The van der Waals surface area contributed by atoms with Gasteiger partial charge in [-0.1, -0.05) is 12.1 Å². The fourth-order valence-electron chi connectivity index (χ4n) is 2.20. The zero-order valence-corrected chi connectivity index (χ0v) is 9.77. The SMILES string of the molecule is CN(Cc1cccc(F)c1)C1CC(C(=O)O)C1. The first-order valence-corrected chi connectivity index (χ1v) is 5.73. The van der Waals surface area contributed by atoms with Gasteiger partial charge in [-0.2, -0.15) is 0 Å². The molecule has 1 aliphatic carbocycles. The van der Waals surface area contributed by atoms with Crippen LogP contribution in [-0.2, 0) is 11.3 Å². The summed E-state index contributed by atoms with van der Waals surface area (Å²) in [7, 11) is 1.95. The number of rotatable bonds is 4. The minimum Gasteiger partial charge on any atom is -0.481 e. The lowest BCUT2D eigenvalue weighted by Crippen LogP contribution is -2.44. The van der Waals surface area contributed by atoms with E-state index in [-0.39, 0.29) is 11.7 Å². The van der Waals surface area contributed by atoms with Crippen LogP contribution >= 0.6 is 0 Å². The van der Waals surface area contributed by atoms with Crippen molar-refractivity contribution in [1.29, 1.82) is 0 Å². The molecule has 4 heteroatoms. The molecule has 0 amide bonds. The van der Waals surface area contributed by atoms with Gasteiger partial charge in [0.15, 0.2) is 0 Å². The minimum atomic E-state index is -0.708. The molecule has 1 N–H and O–H groups in total. The summed E-state index contributed by atoms with van der Waals surface area (Å²) >= 11 is 0. The Bertz CT molecular complexity index is 416. The molecule has 0 spiro atoms. The smallest absolute Gasteiger partial charge is 0.306 e. The first-order valence-electron chi connectivity index (χ1n) is 5.73. The quantitative estimate of drug-likeness (QED) is 0.872. The van der Waals surface area contributed by atoms with Crippen LogP contribution in [0.3, 0.4) is 0 Å². The highest BCUT2D eigenvalue weighted by molar-refractivity contribution is 5.71. The molecule has 1 aliphatic rings. The third-order valence-electron chi connectivity index (χ3n) is 3.41.